The number of fused-ring (bicyclic) bond motifs is 1. The maximum atomic E-state index is 12.7. The molecule has 1 heterocycles. The second-order valence-corrected chi connectivity index (χ2v) is 8.94. The van der Waals surface area contributed by atoms with E-state index in [-0.39, 0.29) is 5.92 Å². The van der Waals surface area contributed by atoms with Crippen LogP contribution >= 0.6 is 0 Å². The van der Waals surface area contributed by atoms with Gasteiger partial charge in [-0.1, -0.05) is 12.7 Å². The molecule has 4 fully saturated rings. The highest BCUT2D eigenvalue weighted by Gasteiger charge is 2.83. The second-order valence-electron chi connectivity index (χ2n) is 8.94. The van der Waals surface area contributed by atoms with Gasteiger partial charge in [0.05, 0.1) is 17.6 Å². The molecule has 25 heavy (non-hydrogen) atoms. The van der Waals surface area contributed by atoms with Crippen LogP contribution < -0.4 is 0 Å². The molecule has 0 aromatic rings. The summed E-state index contributed by atoms with van der Waals surface area (Å²) in [5, 5.41) is 31.6. The Labute approximate surface area is 145 Å². The number of esters is 1. The van der Waals surface area contributed by atoms with E-state index in [2.05, 4.69) is 6.58 Å². The van der Waals surface area contributed by atoms with Crippen LogP contribution in [0.15, 0.2) is 24.3 Å². The molecule has 3 saturated carbocycles. The summed E-state index contributed by atoms with van der Waals surface area (Å²) in [6.07, 6.45) is 4.11. The van der Waals surface area contributed by atoms with Gasteiger partial charge in [-0.3, -0.25) is 9.59 Å². The van der Waals surface area contributed by atoms with Gasteiger partial charge in [-0.25, -0.2) is 0 Å². The molecular weight excluding hydrogens is 324 g/mol. The predicted octanol–water partition coefficient (Wildman–Crippen LogP) is 1.03. The molecule has 0 aromatic heterocycles. The summed E-state index contributed by atoms with van der Waals surface area (Å²) in [7, 11) is 0. The zero-order chi connectivity index (χ0) is 18.0. The smallest absolute Gasteiger partial charge is 0.316 e. The number of carbonyl (C=O) groups is 2. The summed E-state index contributed by atoms with van der Waals surface area (Å²) < 4.78 is 5.87. The fourth-order valence-electron chi connectivity index (χ4n) is 7.13. The lowest BCUT2D eigenvalue weighted by Gasteiger charge is -2.44. The number of hydrogen-bond acceptors (Lipinski definition) is 5. The van der Waals surface area contributed by atoms with Crippen LogP contribution in [0.5, 0.6) is 0 Å². The molecule has 3 unspecified atom stereocenters. The molecule has 5 aliphatic rings. The Bertz CT molecular complexity index is 772. The maximum absolute atomic E-state index is 12.7. The molecule has 134 valence electrons. The van der Waals surface area contributed by atoms with Crippen LogP contribution in [0.1, 0.15) is 32.6 Å². The van der Waals surface area contributed by atoms with Crippen LogP contribution in [0, 0.1) is 28.6 Å². The molecule has 4 aliphatic carbocycles. The van der Waals surface area contributed by atoms with Crippen molar-refractivity contribution in [1.29, 1.82) is 0 Å². The largest absolute Gasteiger partial charge is 0.481 e. The van der Waals surface area contributed by atoms with E-state index in [1.54, 1.807) is 19.1 Å². The van der Waals surface area contributed by atoms with Gasteiger partial charge in [0.25, 0.3) is 0 Å². The van der Waals surface area contributed by atoms with Gasteiger partial charge in [-0.2, -0.15) is 0 Å². The minimum atomic E-state index is -1.27. The number of aliphatic carboxylic acids is 1. The fraction of sp³-hybridized carbons (Fsp3) is 0.684. The number of rotatable bonds is 1. The van der Waals surface area contributed by atoms with E-state index in [1.165, 1.54) is 0 Å². The lowest BCUT2D eigenvalue weighted by molar-refractivity contribution is -0.163. The van der Waals surface area contributed by atoms with Gasteiger partial charge in [0.1, 0.15) is 11.0 Å². The first-order chi connectivity index (χ1) is 11.6. The minimum absolute atomic E-state index is 0.180. The normalized spacial score (nSPS) is 58.0. The summed E-state index contributed by atoms with van der Waals surface area (Å²) in [5.41, 5.74) is -3.29. The Morgan fingerprint density at radius 1 is 1.44 bits per heavy atom. The molecule has 1 saturated heterocycles. The van der Waals surface area contributed by atoms with Crippen molar-refractivity contribution >= 4 is 11.9 Å². The summed E-state index contributed by atoms with van der Waals surface area (Å²) in [5.74, 6) is -3.18. The number of aliphatic hydroxyl groups is 2. The first kappa shape index (κ1) is 15.6. The van der Waals surface area contributed by atoms with Crippen molar-refractivity contribution < 1.29 is 29.6 Å². The monoisotopic (exact) mass is 346 g/mol. The summed E-state index contributed by atoms with van der Waals surface area (Å²) >= 11 is 0. The average Bonchev–Trinajstić information content (AvgIpc) is 2.95. The molecule has 8 atom stereocenters. The van der Waals surface area contributed by atoms with E-state index < -0.39 is 51.9 Å². The number of hydrogen-bond donors (Lipinski definition) is 3. The van der Waals surface area contributed by atoms with Crippen LogP contribution in [-0.2, 0) is 14.3 Å². The third-order valence-electron chi connectivity index (χ3n) is 8.12. The Morgan fingerprint density at radius 3 is 2.84 bits per heavy atom. The summed E-state index contributed by atoms with van der Waals surface area (Å²) in [4.78, 5) is 25.1. The van der Waals surface area contributed by atoms with Crippen molar-refractivity contribution in [3.8, 4) is 0 Å². The van der Waals surface area contributed by atoms with Crippen LogP contribution in [0.2, 0.25) is 0 Å². The molecule has 0 aromatic carbocycles. The molecule has 4 bridgehead atoms. The third kappa shape index (κ3) is 1.36. The van der Waals surface area contributed by atoms with Gasteiger partial charge in [0.15, 0.2) is 0 Å². The SMILES string of the molecule is C=C1C[C@]23CC1(O)CC[C@@H]2[C@@]12C=C[C@@H](O)[C@](C)(C(=O)O1)C2C3C(=O)O. The Kier molecular flexibility index (Phi) is 2.50. The van der Waals surface area contributed by atoms with E-state index in [1.807, 2.05) is 0 Å². The highest BCUT2D eigenvalue weighted by atomic mass is 16.6. The first-order valence-electron chi connectivity index (χ1n) is 8.86. The van der Waals surface area contributed by atoms with E-state index in [9.17, 15) is 24.9 Å². The van der Waals surface area contributed by atoms with Crippen molar-refractivity contribution in [2.45, 2.75) is 49.9 Å². The van der Waals surface area contributed by atoms with E-state index in [4.69, 9.17) is 4.74 Å². The van der Waals surface area contributed by atoms with Gasteiger partial charge in [0, 0.05) is 11.8 Å². The zero-order valence-corrected chi connectivity index (χ0v) is 14.1. The Hall–Kier alpha value is -1.66. The number of carboxylic acid groups (broad SMARTS) is 1. The van der Waals surface area contributed by atoms with Crippen LogP contribution in [0.4, 0.5) is 0 Å². The maximum Gasteiger partial charge on any atom is 0.316 e. The molecule has 1 aliphatic heterocycles. The standard InChI is InChI=1S/C19H22O6/c1-9-7-17-8-18(9,24)5-3-10(17)19-6-4-11(20)16(2,15(23)25-19)13(19)12(17)14(21)22/h4,6,10-13,20,24H,1,3,5,7-8H2,2H3,(H,21,22)/t10-,11+,12?,13?,16-,17-,18?,19+/m0/s1. The third-order valence-corrected chi connectivity index (χ3v) is 8.12. The second kappa shape index (κ2) is 4.01. The number of carbonyl (C=O) groups excluding carboxylic acids is 1. The zero-order valence-electron chi connectivity index (χ0n) is 14.1. The molecule has 3 N–H and O–H groups in total. The molecule has 5 rings (SSSR count). The van der Waals surface area contributed by atoms with Gasteiger partial charge in [-0.05, 0) is 49.7 Å². The van der Waals surface area contributed by atoms with Crippen molar-refractivity contribution in [3.05, 3.63) is 24.3 Å². The lowest BCUT2D eigenvalue weighted by Crippen LogP contribution is -2.50. The van der Waals surface area contributed by atoms with Gasteiger partial charge >= 0.3 is 11.9 Å². The summed E-state index contributed by atoms with van der Waals surface area (Å²) in [6.45, 7) is 5.64. The molecular formula is C19H22O6. The van der Waals surface area contributed by atoms with E-state index in [0.29, 0.717) is 31.3 Å². The van der Waals surface area contributed by atoms with Crippen LogP contribution in [-0.4, -0.2) is 44.6 Å². The van der Waals surface area contributed by atoms with Crippen molar-refractivity contribution in [3.63, 3.8) is 0 Å². The highest BCUT2D eigenvalue weighted by Crippen LogP contribution is 2.77. The van der Waals surface area contributed by atoms with Gasteiger partial charge < -0.3 is 20.1 Å². The molecule has 0 radical (unpaired) electrons. The number of carboxylic acids is 1. The first-order valence-corrected chi connectivity index (χ1v) is 8.86. The predicted molar refractivity (Wildman–Crippen MR) is 85.2 cm³/mol. The van der Waals surface area contributed by atoms with E-state index >= 15 is 0 Å². The molecule has 6 nitrogen and oxygen atoms in total. The lowest BCUT2D eigenvalue weighted by atomic mass is 9.61. The van der Waals surface area contributed by atoms with Crippen LogP contribution in [0.25, 0.3) is 0 Å². The van der Waals surface area contributed by atoms with Crippen LogP contribution in [0.3, 0.4) is 0 Å². The minimum Gasteiger partial charge on any atom is -0.481 e. The topological polar surface area (TPSA) is 104 Å². The van der Waals surface area contributed by atoms with Crippen molar-refractivity contribution in [2.75, 3.05) is 0 Å². The van der Waals surface area contributed by atoms with Gasteiger partial charge in [-0.15, -0.1) is 0 Å². The van der Waals surface area contributed by atoms with Crippen molar-refractivity contribution in [1.82, 2.24) is 0 Å². The summed E-state index contributed by atoms with van der Waals surface area (Å²) in [6, 6.07) is 0. The Morgan fingerprint density at radius 2 is 2.16 bits per heavy atom. The van der Waals surface area contributed by atoms with Crippen molar-refractivity contribution in [2.24, 2.45) is 28.6 Å². The van der Waals surface area contributed by atoms with Gasteiger partial charge in [0.2, 0.25) is 0 Å². The quantitative estimate of drug-likeness (QED) is 0.484. The molecule has 6 heteroatoms. The average molecular weight is 346 g/mol. The molecule has 0 amide bonds. The fourth-order valence-corrected chi connectivity index (χ4v) is 7.13. The highest BCUT2D eigenvalue weighted by molar-refractivity contribution is 5.86. The Balaban J connectivity index is 1.78. The number of aliphatic hydroxyl groups excluding tert-OH is 1. The molecule has 1 spiro atoms. The number of ether oxygens (including phenoxy) is 1. The van der Waals surface area contributed by atoms with E-state index in [0.717, 1.165) is 0 Å².